The van der Waals surface area contributed by atoms with E-state index in [2.05, 4.69) is 5.32 Å². The quantitative estimate of drug-likeness (QED) is 0.690. The lowest BCUT2D eigenvalue weighted by atomic mass is 10.1. The normalized spacial score (nSPS) is 10.2. The average molecular weight is 288 g/mol. The third-order valence-electron chi connectivity index (χ3n) is 3.00. The minimum atomic E-state index is -1.03. The SMILES string of the molecule is CCc1cccc(NC(=O)c2ccc([N+](=O)[O-])c(F)c2)c1. The van der Waals surface area contributed by atoms with E-state index in [0.29, 0.717) is 5.69 Å². The fourth-order valence-corrected chi connectivity index (χ4v) is 1.87. The van der Waals surface area contributed by atoms with Crippen LogP contribution >= 0.6 is 0 Å². The van der Waals surface area contributed by atoms with E-state index in [-0.39, 0.29) is 5.56 Å². The number of nitrogens with zero attached hydrogens (tertiary/aromatic N) is 1. The summed E-state index contributed by atoms with van der Waals surface area (Å²) in [6.45, 7) is 1.99. The van der Waals surface area contributed by atoms with Crippen LogP contribution in [0.5, 0.6) is 0 Å². The number of anilines is 1. The molecule has 1 amide bonds. The number of hydrogen-bond donors (Lipinski definition) is 1. The van der Waals surface area contributed by atoms with Crippen LogP contribution in [0.2, 0.25) is 0 Å². The van der Waals surface area contributed by atoms with E-state index in [4.69, 9.17) is 0 Å². The first-order valence-corrected chi connectivity index (χ1v) is 6.35. The van der Waals surface area contributed by atoms with Gasteiger partial charge in [0.1, 0.15) is 0 Å². The van der Waals surface area contributed by atoms with Gasteiger partial charge in [-0.25, -0.2) is 0 Å². The fraction of sp³-hybridized carbons (Fsp3) is 0.133. The predicted octanol–water partition coefficient (Wildman–Crippen LogP) is 3.55. The Morgan fingerprint density at radius 2 is 2.05 bits per heavy atom. The van der Waals surface area contributed by atoms with E-state index >= 15 is 0 Å². The van der Waals surface area contributed by atoms with Crippen molar-refractivity contribution in [2.75, 3.05) is 5.32 Å². The van der Waals surface area contributed by atoms with Crippen LogP contribution in [0.25, 0.3) is 0 Å². The highest BCUT2D eigenvalue weighted by atomic mass is 19.1. The van der Waals surface area contributed by atoms with E-state index in [1.54, 1.807) is 6.07 Å². The van der Waals surface area contributed by atoms with Gasteiger partial charge in [0.15, 0.2) is 0 Å². The molecule has 0 bridgehead atoms. The van der Waals surface area contributed by atoms with Gasteiger partial charge < -0.3 is 5.32 Å². The number of benzene rings is 2. The minimum Gasteiger partial charge on any atom is -0.322 e. The molecule has 0 saturated heterocycles. The number of carbonyl (C=O) groups excluding carboxylic acids is 1. The van der Waals surface area contributed by atoms with Gasteiger partial charge in [0.2, 0.25) is 5.82 Å². The first-order valence-electron chi connectivity index (χ1n) is 6.35. The number of amides is 1. The lowest BCUT2D eigenvalue weighted by molar-refractivity contribution is -0.387. The molecule has 2 aromatic rings. The van der Waals surface area contributed by atoms with Crippen molar-refractivity contribution < 1.29 is 14.1 Å². The van der Waals surface area contributed by atoms with Crippen LogP contribution < -0.4 is 5.32 Å². The van der Waals surface area contributed by atoms with Crippen LogP contribution in [0.3, 0.4) is 0 Å². The van der Waals surface area contributed by atoms with Crippen molar-refractivity contribution in [3.05, 3.63) is 69.5 Å². The van der Waals surface area contributed by atoms with E-state index in [1.165, 1.54) is 6.07 Å². The molecule has 0 aromatic heterocycles. The Bertz CT molecular complexity index is 701. The summed E-state index contributed by atoms with van der Waals surface area (Å²) in [7, 11) is 0. The summed E-state index contributed by atoms with van der Waals surface area (Å²) in [6, 6.07) is 10.3. The molecule has 2 rings (SSSR count). The zero-order chi connectivity index (χ0) is 15.4. The summed E-state index contributed by atoms with van der Waals surface area (Å²) in [4.78, 5) is 21.7. The van der Waals surface area contributed by atoms with E-state index < -0.39 is 22.3 Å². The van der Waals surface area contributed by atoms with Crippen LogP contribution in [0, 0.1) is 15.9 Å². The highest BCUT2D eigenvalue weighted by Gasteiger charge is 2.16. The summed E-state index contributed by atoms with van der Waals surface area (Å²) in [5, 5.41) is 13.2. The van der Waals surface area contributed by atoms with Gasteiger partial charge in [-0.05, 0) is 36.2 Å². The van der Waals surface area contributed by atoms with Crippen molar-refractivity contribution in [3.8, 4) is 0 Å². The molecule has 0 aliphatic rings. The van der Waals surface area contributed by atoms with Crippen LogP contribution in [-0.2, 0) is 6.42 Å². The third-order valence-corrected chi connectivity index (χ3v) is 3.00. The highest BCUT2D eigenvalue weighted by molar-refractivity contribution is 6.04. The summed E-state index contributed by atoms with van der Waals surface area (Å²) >= 11 is 0. The second-order valence-electron chi connectivity index (χ2n) is 4.43. The molecule has 0 aliphatic carbocycles. The number of nitro benzene ring substituents is 1. The Morgan fingerprint density at radius 3 is 2.67 bits per heavy atom. The van der Waals surface area contributed by atoms with E-state index in [0.717, 1.165) is 24.1 Å². The number of carbonyl (C=O) groups is 1. The van der Waals surface area contributed by atoms with Gasteiger partial charge in [0.25, 0.3) is 5.91 Å². The maximum absolute atomic E-state index is 13.5. The number of aryl methyl sites for hydroxylation is 1. The van der Waals surface area contributed by atoms with Crippen molar-refractivity contribution in [2.45, 2.75) is 13.3 Å². The van der Waals surface area contributed by atoms with Gasteiger partial charge in [-0.15, -0.1) is 0 Å². The Kier molecular flexibility index (Phi) is 4.27. The van der Waals surface area contributed by atoms with Gasteiger partial charge in [0.05, 0.1) is 4.92 Å². The van der Waals surface area contributed by atoms with Gasteiger partial charge in [-0.2, -0.15) is 4.39 Å². The summed E-state index contributed by atoms with van der Waals surface area (Å²) < 4.78 is 13.5. The molecule has 0 heterocycles. The van der Waals surface area contributed by atoms with E-state index in [1.807, 2.05) is 25.1 Å². The van der Waals surface area contributed by atoms with Crippen molar-refractivity contribution >= 4 is 17.3 Å². The first-order chi connectivity index (χ1) is 10.0. The monoisotopic (exact) mass is 288 g/mol. The Hall–Kier alpha value is -2.76. The van der Waals surface area contributed by atoms with E-state index in [9.17, 15) is 19.3 Å². The standard InChI is InChI=1S/C15H13FN2O3/c1-2-10-4-3-5-12(8-10)17-15(19)11-6-7-14(18(20)21)13(16)9-11/h3-9H,2H2,1H3,(H,17,19). The maximum atomic E-state index is 13.5. The number of nitro groups is 1. The molecule has 0 radical (unpaired) electrons. The molecule has 21 heavy (non-hydrogen) atoms. The maximum Gasteiger partial charge on any atom is 0.304 e. The molecule has 2 aromatic carbocycles. The molecule has 0 unspecified atom stereocenters. The van der Waals surface area contributed by atoms with Gasteiger partial charge in [0, 0.05) is 17.3 Å². The molecular formula is C15H13FN2O3. The summed E-state index contributed by atoms with van der Waals surface area (Å²) in [6.07, 6.45) is 0.829. The van der Waals surface area contributed by atoms with Crippen molar-refractivity contribution in [2.24, 2.45) is 0 Å². The second kappa shape index (κ2) is 6.13. The van der Waals surface area contributed by atoms with Crippen LogP contribution in [0.15, 0.2) is 42.5 Å². The molecule has 0 spiro atoms. The van der Waals surface area contributed by atoms with Gasteiger partial charge in [-0.1, -0.05) is 19.1 Å². The largest absolute Gasteiger partial charge is 0.322 e. The predicted molar refractivity (Wildman–Crippen MR) is 76.8 cm³/mol. The molecule has 0 atom stereocenters. The number of nitrogens with one attached hydrogen (secondary N) is 1. The molecule has 0 saturated carbocycles. The first kappa shape index (κ1) is 14.6. The Balaban J connectivity index is 2.20. The van der Waals surface area contributed by atoms with Crippen molar-refractivity contribution in [1.82, 2.24) is 0 Å². The minimum absolute atomic E-state index is 0.0278. The third kappa shape index (κ3) is 3.42. The summed E-state index contributed by atoms with van der Waals surface area (Å²) in [5.41, 5.74) is 1.03. The summed E-state index contributed by atoms with van der Waals surface area (Å²) in [5.74, 6) is -1.55. The molecule has 0 fully saturated rings. The van der Waals surface area contributed by atoms with Gasteiger partial charge in [-0.3, -0.25) is 14.9 Å². The molecule has 6 heteroatoms. The van der Waals surface area contributed by atoms with Crippen LogP contribution in [0.4, 0.5) is 15.8 Å². The van der Waals surface area contributed by atoms with Crippen molar-refractivity contribution in [3.63, 3.8) is 0 Å². The van der Waals surface area contributed by atoms with Crippen LogP contribution in [0.1, 0.15) is 22.8 Å². The molecule has 0 aliphatic heterocycles. The lowest BCUT2D eigenvalue weighted by Crippen LogP contribution is -2.12. The zero-order valence-corrected chi connectivity index (χ0v) is 11.3. The smallest absolute Gasteiger partial charge is 0.304 e. The fourth-order valence-electron chi connectivity index (χ4n) is 1.87. The zero-order valence-electron chi connectivity index (χ0n) is 11.3. The number of hydrogen-bond acceptors (Lipinski definition) is 3. The molecule has 108 valence electrons. The average Bonchev–Trinajstić information content (AvgIpc) is 2.46. The topological polar surface area (TPSA) is 72.2 Å². The van der Waals surface area contributed by atoms with Gasteiger partial charge >= 0.3 is 5.69 Å². The lowest BCUT2D eigenvalue weighted by Gasteiger charge is -2.07. The molecule has 1 N–H and O–H groups in total. The second-order valence-corrected chi connectivity index (χ2v) is 4.43. The molecular weight excluding hydrogens is 275 g/mol. The molecule has 5 nitrogen and oxygen atoms in total. The highest BCUT2D eigenvalue weighted by Crippen LogP contribution is 2.19. The Morgan fingerprint density at radius 1 is 1.29 bits per heavy atom. The van der Waals surface area contributed by atoms with Crippen LogP contribution in [-0.4, -0.2) is 10.8 Å². The number of halogens is 1. The Labute approximate surface area is 120 Å². The van der Waals surface area contributed by atoms with Crippen molar-refractivity contribution in [1.29, 1.82) is 0 Å². The number of rotatable bonds is 4.